The Bertz CT molecular complexity index is 424. The zero-order chi connectivity index (χ0) is 11.5. The molecule has 15 heavy (non-hydrogen) atoms. The average molecular weight is 233 g/mol. The number of hydrogen-bond donors (Lipinski definition) is 2. The van der Waals surface area contributed by atoms with Gasteiger partial charge in [-0.2, -0.15) is 0 Å². The van der Waals surface area contributed by atoms with E-state index < -0.39 is 10.0 Å². The molecule has 0 fully saturated rings. The summed E-state index contributed by atoms with van der Waals surface area (Å²) in [7, 11) is -3.58. The van der Waals surface area contributed by atoms with Gasteiger partial charge in [0.2, 0.25) is 0 Å². The van der Waals surface area contributed by atoms with E-state index in [1.54, 1.807) is 11.5 Å². The summed E-state index contributed by atoms with van der Waals surface area (Å²) in [6.07, 6.45) is 1.48. The van der Waals surface area contributed by atoms with E-state index in [9.17, 15) is 8.42 Å². The molecular formula is C8H15N3O3S. The molecule has 0 spiro atoms. The molecule has 0 aliphatic heterocycles. The summed E-state index contributed by atoms with van der Waals surface area (Å²) < 4.78 is 27.1. The molecule has 0 amide bonds. The van der Waals surface area contributed by atoms with E-state index in [4.69, 9.17) is 5.11 Å². The Kier molecular flexibility index (Phi) is 3.83. The Morgan fingerprint density at radius 3 is 2.73 bits per heavy atom. The van der Waals surface area contributed by atoms with Crippen molar-refractivity contribution in [3.63, 3.8) is 0 Å². The summed E-state index contributed by atoms with van der Waals surface area (Å²) in [5.74, 6) is 0.655. The van der Waals surface area contributed by atoms with Crippen molar-refractivity contribution >= 4 is 10.0 Å². The van der Waals surface area contributed by atoms with Gasteiger partial charge in [0.15, 0.2) is 5.03 Å². The number of sulfonamides is 1. The molecule has 2 N–H and O–H groups in total. The van der Waals surface area contributed by atoms with Crippen molar-refractivity contribution in [2.75, 3.05) is 13.2 Å². The molecule has 86 valence electrons. The number of aliphatic hydroxyl groups excluding tert-OH is 1. The first kappa shape index (κ1) is 12.2. The molecule has 1 rings (SSSR count). The van der Waals surface area contributed by atoms with Crippen molar-refractivity contribution in [1.82, 2.24) is 14.3 Å². The molecule has 0 aromatic carbocycles. The number of imidazole rings is 1. The fraction of sp³-hybridized carbons (Fsp3) is 0.625. The van der Waals surface area contributed by atoms with Crippen molar-refractivity contribution in [1.29, 1.82) is 0 Å². The number of nitrogens with zero attached hydrogens (tertiary/aromatic N) is 2. The molecule has 0 saturated heterocycles. The summed E-state index contributed by atoms with van der Waals surface area (Å²) in [6, 6.07) is 0. The highest BCUT2D eigenvalue weighted by atomic mass is 32.2. The zero-order valence-corrected chi connectivity index (χ0v) is 9.58. The van der Waals surface area contributed by atoms with Crippen LogP contribution < -0.4 is 4.72 Å². The molecular weight excluding hydrogens is 218 g/mol. The summed E-state index contributed by atoms with van der Waals surface area (Å²) in [6.45, 7) is 4.10. The fourth-order valence-electron chi connectivity index (χ4n) is 1.18. The number of aryl methyl sites for hydroxylation is 2. The molecule has 7 heteroatoms. The molecule has 0 radical (unpaired) electrons. The van der Waals surface area contributed by atoms with E-state index in [-0.39, 0.29) is 18.2 Å². The Labute approximate surface area is 89.0 Å². The maximum Gasteiger partial charge on any atom is 0.259 e. The molecule has 0 aliphatic rings. The standard InChI is InChI=1S/C8H15N3O3S/c1-3-11-6-8(10-7(11)2)15(13,14)9-4-5-12/h6,9,12H,3-5H2,1-2H3. The van der Waals surface area contributed by atoms with Gasteiger partial charge in [-0.05, 0) is 13.8 Å². The molecule has 0 saturated carbocycles. The van der Waals surface area contributed by atoms with E-state index in [1.165, 1.54) is 6.20 Å². The van der Waals surface area contributed by atoms with E-state index in [0.29, 0.717) is 12.4 Å². The van der Waals surface area contributed by atoms with Crippen LogP contribution in [-0.4, -0.2) is 36.2 Å². The van der Waals surface area contributed by atoms with Crippen LogP contribution in [0.3, 0.4) is 0 Å². The van der Waals surface area contributed by atoms with Crippen LogP contribution in [0.25, 0.3) is 0 Å². The number of rotatable bonds is 5. The second-order valence-corrected chi connectivity index (χ2v) is 4.75. The van der Waals surface area contributed by atoms with Crippen LogP contribution >= 0.6 is 0 Å². The molecule has 1 aromatic rings. The lowest BCUT2D eigenvalue weighted by molar-refractivity contribution is 0.301. The lowest BCUT2D eigenvalue weighted by atomic mass is 10.6. The maximum absolute atomic E-state index is 11.6. The third-order valence-electron chi connectivity index (χ3n) is 1.97. The lowest BCUT2D eigenvalue weighted by Gasteiger charge is -2.00. The predicted molar refractivity (Wildman–Crippen MR) is 54.9 cm³/mol. The Balaban J connectivity index is 2.95. The molecule has 1 heterocycles. The van der Waals surface area contributed by atoms with Crippen molar-refractivity contribution in [2.45, 2.75) is 25.4 Å². The molecule has 6 nitrogen and oxygen atoms in total. The summed E-state index contributed by atoms with van der Waals surface area (Å²) in [5, 5.41) is 8.53. The van der Waals surface area contributed by atoms with Crippen molar-refractivity contribution in [3.05, 3.63) is 12.0 Å². The van der Waals surface area contributed by atoms with Gasteiger partial charge >= 0.3 is 0 Å². The van der Waals surface area contributed by atoms with Crippen LogP contribution in [0.2, 0.25) is 0 Å². The Hall–Kier alpha value is -0.920. The molecule has 0 atom stereocenters. The summed E-state index contributed by atoms with van der Waals surface area (Å²) >= 11 is 0. The predicted octanol–water partition coefficient (Wildman–Crippen LogP) is -0.518. The van der Waals surface area contributed by atoms with Gasteiger partial charge in [0, 0.05) is 19.3 Å². The topological polar surface area (TPSA) is 84.2 Å². The van der Waals surface area contributed by atoms with Gasteiger partial charge < -0.3 is 9.67 Å². The van der Waals surface area contributed by atoms with Crippen molar-refractivity contribution in [2.24, 2.45) is 0 Å². The third kappa shape index (κ3) is 2.77. The third-order valence-corrected chi connectivity index (χ3v) is 3.31. The minimum Gasteiger partial charge on any atom is -0.395 e. The van der Waals surface area contributed by atoms with E-state index >= 15 is 0 Å². The second-order valence-electron chi connectivity index (χ2n) is 3.03. The highest BCUT2D eigenvalue weighted by Crippen LogP contribution is 2.08. The first-order valence-electron chi connectivity index (χ1n) is 4.65. The Morgan fingerprint density at radius 2 is 2.27 bits per heavy atom. The van der Waals surface area contributed by atoms with Gasteiger partial charge in [-0.1, -0.05) is 0 Å². The van der Waals surface area contributed by atoms with Crippen molar-refractivity contribution < 1.29 is 13.5 Å². The number of aromatic nitrogens is 2. The van der Waals surface area contributed by atoms with Gasteiger partial charge in [-0.25, -0.2) is 18.1 Å². The fourth-order valence-corrected chi connectivity index (χ4v) is 2.21. The zero-order valence-electron chi connectivity index (χ0n) is 8.77. The van der Waals surface area contributed by atoms with Crippen LogP contribution in [0.1, 0.15) is 12.7 Å². The number of aliphatic hydroxyl groups is 1. The van der Waals surface area contributed by atoms with E-state index in [0.717, 1.165) is 0 Å². The molecule has 1 aromatic heterocycles. The summed E-state index contributed by atoms with van der Waals surface area (Å²) in [5.41, 5.74) is 0. The SMILES string of the molecule is CCn1cc(S(=O)(=O)NCCO)nc1C. The minimum absolute atomic E-state index is 0.000363. The van der Waals surface area contributed by atoms with Gasteiger partial charge in [-0.3, -0.25) is 0 Å². The first-order valence-corrected chi connectivity index (χ1v) is 6.14. The molecule has 0 bridgehead atoms. The average Bonchev–Trinajstić information content (AvgIpc) is 2.57. The normalized spacial score (nSPS) is 11.9. The number of hydrogen-bond acceptors (Lipinski definition) is 4. The molecule has 0 unspecified atom stereocenters. The quantitative estimate of drug-likeness (QED) is 0.717. The second kappa shape index (κ2) is 4.73. The van der Waals surface area contributed by atoms with Gasteiger partial charge in [0.25, 0.3) is 10.0 Å². The van der Waals surface area contributed by atoms with Crippen LogP contribution in [0.4, 0.5) is 0 Å². The minimum atomic E-state index is -3.58. The van der Waals surface area contributed by atoms with E-state index in [1.807, 2.05) is 6.92 Å². The highest BCUT2D eigenvalue weighted by Gasteiger charge is 2.17. The van der Waals surface area contributed by atoms with Crippen LogP contribution in [0, 0.1) is 6.92 Å². The van der Waals surface area contributed by atoms with E-state index in [2.05, 4.69) is 9.71 Å². The van der Waals surface area contributed by atoms with Gasteiger partial charge in [0.05, 0.1) is 6.61 Å². The van der Waals surface area contributed by atoms with Gasteiger partial charge in [-0.15, -0.1) is 0 Å². The monoisotopic (exact) mass is 233 g/mol. The van der Waals surface area contributed by atoms with Crippen molar-refractivity contribution in [3.8, 4) is 0 Å². The highest BCUT2D eigenvalue weighted by molar-refractivity contribution is 7.89. The largest absolute Gasteiger partial charge is 0.395 e. The van der Waals surface area contributed by atoms with Crippen LogP contribution in [-0.2, 0) is 16.6 Å². The Morgan fingerprint density at radius 1 is 1.60 bits per heavy atom. The summed E-state index contributed by atoms with van der Waals surface area (Å²) in [4.78, 5) is 3.94. The molecule has 0 aliphatic carbocycles. The lowest BCUT2D eigenvalue weighted by Crippen LogP contribution is -2.26. The first-order chi connectivity index (χ1) is 7.01. The maximum atomic E-state index is 11.6. The van der Waals surface area contributed by atoms with Crippen LogP contribution in [0.5, 0.6) is 0 Å². The van der Waals surface area contributed by atoms with Crippen LogP contribution in [0.15, 0.2) is 11.2 Å². The number of nitrogens with one attached hydrogen (secondary N) is 1. The smallest absolute Gasteiger partial charge is 0.259 e. The van der Waals surface area contributed by atoms with Gasteiger partial charge in [0.1, 0.15) is 5.82 Å².